The average molecular weight is 287 g/mol. The molecule has 0 aliphatic rings. The second-order valence-corrected chi connectivity index (χ2v) is 6.46. The molecule has 0 unspecified atom stereocenters. The molecular weight excluding hydrogens is 262 g/mol. The lowest BCUT2D eigenvalue weighted by molar-refractivity contribution is 0.291. The number of nitrogens with two attached hydrogens (primary N) is 1. The standard InChI is InChI=1S/C17H25N3O/c1-13-6-7-15(14(12-13)17(2,3)4)21-11-5-9-20-10-8-16(18)19-20/h6-8,10,12H,5,9,11H2,1-4H3,(H2,18,19). The lowest BCUT2D eigenvalue weighted by Crippen LogP contribution is -2.14. The van der Waals surface area contributed by atoms with E-state index in [1.807, 2.05) is 10.9 Å². The van der Waals surface area contributed by atoms with E-state index in [-0.39, 0.29) is 5.41 Å². The van der Waals surface area contributed by atoms with Crippen molar-refractivity contribution in [1.82, 2.24) is 9.78 Å². The summed E-state index contributed by atoms with van der Waals surface area (Å²) in [5.41, 5.74) is 8.19. The van der Waals surface area contributed by atoms with Gasteiger partial charge in [-0.3, -0.25) is 4.68 Å². The zero-order chi connectivity index (χ0) is 15.5. The Labute approximate surface area is 126 Å². The van der Waals surface area contributed by atoms with Gasteiger partial charge in [-0.1, -0.05) is 38.5 Å². The summed E-state index contributed by atoms with van der Waals surface area (Å²) < 4.78 is 7.82. The highest BCUT2D eigenvalue weighted by Gasteiger charge is 2.19. The molecule has 0 aliphatic heterocycles. The van der Waals surface area contributed by atoms with Crippen molar-refractivity contribution in [3.8, 4) is 5.75 Å². The number of aryl methyl sites for hydroxylation is 2. The molecule has 114 valence electrons. The Balaban J connectivity index is 1.94. The fourth-order valence-corrected chi connectivity index (χ4v) is 2.27. The van der Waals surface area contributed by atoms with Gasteiger partial charge >= 0.3 is 0 Å². The number of anilines is 1. The molecule has 1 heterocycles. The van der Waals surface area contributed by atoms with Crippen LogP contribution in [-0.4, -0.2) is 16.4 Å². The molecule has 0 aliphatic carbocycles. The number of nitrogen functional groups attached to an aromatic ring is 1. The third-order valence-electron chi connectivity index (χ3n) is 3.39. The molecule has 0 fully saturated rings. The van der Waals surface area contributed by atoms with Gasteiger partial charge in [0.15, 0.2) is 0 Å². The van der Waals surface area contributed by atoms with Gasteiger partial charge in [-0.15, -0.1) is 0 Å². The van der Waals surface area contributed by atoms with Gasteiger partial charge in [-0.25, -0.2) is 0 Å². The monoisotopic (exact) mass is 287 g/mol. The summed E-state index contributed by atoms with van der Waals surface area (Å²) in [7, 11) is 0. The maximum Gasteiger partial charge on any atom is 0.145 e. The summed E-state index contributed by atoms with van der Waals surface area (Å²) in [6, 6.07) is 8.18. The maximum absolute atomic E-state index is 5.97. The number of benzene rings is 1. The zero-order valence-corrected chi connectivity index (χ0v) is 13.4. The van der Waals surface area contributed by atoms with Gasteiger partial charge in [-0.2, -0.15) is 5.10 Å². The first-order chi connectivity index (χ1) is 9.86. The van der Waals surface area contributed by atoms with E-state index in [0.29, 0.717) is 12.4 Å². The number of rotatable bonds is 5. The molecule has 0 bridgehead atoms. The normalized spacial score (nSPS) is 11.6. The van der Waals surface area contributed by atoms with Crippen molar-refractivity contribution in [3.63, 3.8) is 0 Å². The van der Waals surface area contributed by atoms with Crippen LogP contribution in [0.4, 0.5) is 5.82 Å². The van der Waals surface area contributed by atoms with Crippen LogP contribution < -0.4 is 10.5 Å². The van der Waals surface area contributed by atoms with Crippen molar-refractivity contribution >= 4 is 5.82 Å². The zero-order valence-electron chi connectivity index (χ0n) is 13.4. The Bertz CT molecular complexity index is 596. The highest BCUT2D eigenvalue weighted by molar-refractivity contribution is 5.41. The van der Waals surface area contributed by atoms with Gasteiger partial charge in [0.2, 0.25) is 0 Å². The largest absolute Gasteiger partial charge is 0.493 e. The Morgan fingerprint density at radius 1 is 1.24 bits per heavy atom. The lowest BCUT2D eigenvalue weighted by Gasteiger charge is -2.23. The van der Waals surface area contributed by atoms with Crippen LogP contribution in [0.2, 0.25) is 0 Å². The summed E-state index contributed by atoms with van der Waals surface area (Å²) >= 11 is 0. The minimum Gasteiger partial charge on any atom is -0.493 e. The highest BCUT2D eigenvalue weighted by Crippen LogP contribution is 2.32. The minimum atomic E-state index is 0.0811. The lowest BCUT2D eigenvalue weighted by atomic mass is 9.85. The first kappa shape index (κ1) is 15.4. The van der Waals surface area contributed by atoms with Gasteiger partial charge in [-0.05, 0) is 30.0 Å². The topological polar surface area (TPSA) is 53.1 Å². The molecule has 2 aromatic rings. The van der Waals surface area contributed by atoms with Crippen LogP contribution in [0.25, 0.3) is 0 Å². The Morgan fingerprint density at radius 2 is 2.00 bits per heavy atom. The van der Waals surface area contributed by atoms with Crippen molar-refractivity contribution in [1.29, 1.82) is 0 Å². The molecule has 21 heavy (non-hydrogen) atoms. The van der Waals surface area contributed by atoms with Crippen LogP contribution in [0.5, 0.6) is 5.75 Å². The van der Waals surface area contributed by atoms with E-state index in [2.05, 4.69) is 51.0 Å². The molecule has 0 radical (unpaired) electrons. The third-order valence-corrected chi connectivity index (χ3v) is 3.39. The van der Waals surface area contributed by atoms with Crippen LogP contribution in [0.15, 0.2) is 30.5 Å². The number of nitrogens with zero attached hydrogens (tertiary/aromatic N) is 2. The Hall–Kier alpha value is -1.97. The first-order valence-electron chi connectivity index (χ1n) is 7.39. The van der Waals surface area contributed by atoms with E-state index in [9.17, 15) is 0 Å². The number of aromatic nitrogens is 2. The molecule has 0 amide bonds. The predicted octanol–water partition coefficient (Wildman–Crippen LogP) is 3.54. The van der Waals surface area contributed by atoms with E-state index in [4.69, 9.17) is 10.5 Å². The predicted molar refractivity (Wildman–Crippen MR) is 86.6 cm³/mol. The van der Waals surface area contributed by atoms with Crippen molar-refractivity contribution in [2.45, 2.75) is 46.1 Å². The minimum absolute atomic E-state index is 0.0811. The highest BCUT2D eigenvalue weighted by atomic mass is 16.5. The second kappa shape index (κ2) is 6.20. The van der Waals surface area contributed by atoms with E-state index in [1.54, 1.807) is 6.07 Å². The fourth-order valence-electron chi connectivity index (χ4n) is 2.27. The van der Waals surface area contributed by atoms with E-state index in [0.717, 1.165) is 18.7 Å². The van der Waals surface area contributed by atoms with Crippen molar-refractivity contribution in [2.24, 2.45) is 0 Å². The summed E-state index contributed by atoms with van der Waals surface area (Å²) in [5.74, 6) is 1.54. The number of ether oxygens (including phenoxy) is 1. The van der Waals surface area contributed by atoms with Crippen LogP contribution in [0.3, 0.4) is 0 Å². The summed E-state index contributed by atoms with van der Waals surface area (Å²) in [6.45, 7) is 10.2. The quantitative estimate of drug-likeness (QED) is 0.856. The van der Waals surface area contributed by atoms with Gasteiger partial charge in [0, 0.05) is 19.2 Å². The molecule has 2 N–H and O–H groups in total. The van der Waals surface area contributed by atoms with Crippen LogP contribution in [0.1, 0.15) is 38.3 Å². The van der Waals surface area contributed by atoms with Gasteiger partial charge < -0.3 is 10.5 Å². The SMILES string of the molecule is Cc1ccc(OCCCn2ccc(N)n2)c(C(C)(C)C)c1. The smallest absolute Gasteiger partial charge is 0.145 e. The van der Waals surface area contributed by atoms with E-state index >= 15 is 0 Å². The van der Waals surface area contributed by atoms with Crippen LogP contribution in [-0.2, 0) is 12.0 Å². The molecule has 1 aromatic carbocycles. The van der Waals surface area contributed by atoms with Crippen molar-refractivity contribution in [2.75, 3.05) is 12.3 Å². The molecule has 0 saturated carbocycles. The van der Waals surface area contributed by atoms with E-state index < -0.39 is 0 Å². The van der Waals surface area contributed by atoms with Crippen LogP contribution in [0, 0.1) is 6.92 Å². The third kappa shape index (κ3) is 4.25. The Kier molecular flexibility index (Phi) is 4.56. The van der Waals surface area contributed by atoms with Crippen molar-refractivity contribution < 1.29 is 4.74 Å². The van der Waals surface area contributed by atoms with Gasteiger partial charge in [0.1, 0.15) is 11.6 Å². The second-order valence-electron chi connectivity index (χ2n) is 6.46. The summed E-state index contributed by atoms with van der Waals surface area (Å²) in [6.07, 6.45) is 2.79. The maximum atomic E-state index is 5.97. The molecule has 4 nitrogen and oxygen atoms in total. The summed E-state index contributed by atoms with van der Waals surface area (Å²) in [5, 5.41) is 4.16. The molecular formula is C17H25N3O. The molecule has 2 rings (SSSR count). The molecule has 0 atom stereocenters. The number of hydrogen-bond donors (Lipinski definition) is 1. The van der Waals surface area contributed by atoms with E-state index in [1.165, 1.54) is 11.1 Å². The molecule has 1 aromatic heterocycles. The molecule has 4 heteroatoms. The van der Waals surface area contributed by atoms with Crippen molar-refractivity contribution in [3.05, 3.63) is 41.6 Å². The molecule has 0 spiro atoms. The van der Waals surface area contributed by atoms with Gasteiger partial charge in [0.05, 0.1) is 6.61 Å². The molecule has 0 saturated heterocycles. The van der Waals surface area contributed by atoms with Gasteiger partial charge in [0.25, 0.3) is 0 Å². The average Bonchev–Trinajstić information content (AvgIpc) is 2.81. The number of hydrogen-bond acceptors (Lipinski definition) is 3. The first-order valence-corrected chi connectivity index (χ1v) is 7.39. The van der Waals surface area contributed by atoms with Crippen LogP contribution >= 0.6 is 0 Å². The fraction of sp³-hybridized carbons (Fsp3) is 0.471. The Morgan fingerprint density at radius 3 is 2.62 bits per heavy atom. The summed E-state index contributed by atoms with van der Waals surface area (Å²) in [4.78, 5) is 0.